The predicted molar refractivity (Wildman–Crippen MR) is 91.9 cm³/mol. The molecule has 0 radical (unpaired) electrons. The molecule has 0 aromatic carbocycles. The normalized spacial score (nSPS) is 20.7. The number of aromatic nitrogens is 2. The average Bonchev–Trinajstić information content (AvgIpc) is 2.60. The van der Waals surface area contributed by atoms with Crippen LogP contribution in [0.15, 0.2) is 42.7 Å². The summed E-state index contributed by atoms with van der Waals surface area (Å²) in [5, 5.41) is 2.85. The van der Waals surface area contributed by atoms with Crippen molar-refractivity contribution in [3.05, 3.63) is 54.0 Å². The molecule has 1 saturated heterocycles. The third kappa shape index (κ3) is 4.08. The van der Waals surface area contributed by atoms with Crippen LogP contribution < -0.4 is 10.2 Å². The molecule has 2 aromatic heterocycles. The third-order valence-electron chi connectivity index (χ3n) is 3.91. The van der Waals surface area contributed by atoms with Crippen LogP contribution in [0.4, 0.5) is 5.82 Å². The highest BCUT2D eigenvalue weighted by Gasteiger charge is 2.23. The quantitative estimate of drug-likeness (QED) is 0.931. The van der Waals surface area contributed by atoms with Gasteiger partial charge >= 0.3 is 0 Å². The minimum atomic E-state index is -0.150. The van der Waals surface area contributed by atoms with Gasteiger partial charge in [0, 0.05) is 25.5 Å². The highest BCUT2D eigenvalue weighted by atomic mass is 16.5. The van der Waals surface area contributed by atoms with Crippen molar-refractivity contribution in [1.82, 2.24) is 15.3 Å². The van der Waals surface area contributed by atoms with E-state index in [1.165, 1.54) is 0 Å². The molecule has 0 saturated carbocycles. The van der Waals surface area contributed by atoms with E-state index in [4.69, 9.17) is 4.74 Å². The SMILES string of the molecule is C[C@@H]1CN(c2ccc(C(=O)NCc3ccccn3)cn2)C[C@@H](C)O1. The van der Waals surface area contributed by atoms with E-state index in [0.29, 0.717) is 12.1 Å². The minimum absolute atomic E-state index is 0.150. The summed E-state index contributed by atoms with van der Waals surface area (Å²) >= 11 is 0. The first-order chi connectivity index (χ1) is 11.6. The van der Waals surface area contributed by atoms with Crippen molar-refractivity contribution in [1.29, 1.82) is 0 Å². The Hall–Kier alpha value is -2.47. The number of nitrogens with zero attached hydrogens (tertiary/aromatic N) is 3. The summed E-state index contributed by atoms with van der Waals surface area (Å²) in [4.78, 5) is 23.0. The molecule has 0 spiro atoms. The molecule has 24 heavy (non-hydrogen) atoms. The van der Waals surface area contributed by atoms with Crippen molar-refractivity contribution in [2.75, 3.05) is 18.0 Å². The van der Waals surface area contributed by atoms with E-state index < -0.39 is 0 Å². The fourth-order valence-corrected chi connectivity index (χ4v) is 2.85. The molecule has 1 fully saturated rings. The van der Waals surface area contributed by atoms with Crippen molar-refractivity contribution < 1.29 is 9.53 Å². The zero-order valence-electron chi connectivity index (χ0n) is 14.0. The molecule has 0 bridgehead atoms. The zero-order chi connectivity index (χ0) is 16.9. The highest BCUT2D eigenvalue weighted by molar-refractivity contribution is 5.93. The van der Waals surface area contributed by atoms with Crippen LogP contribution in [0, 0.1) is 0 Å². The molecule has 0 aliphatic carbocycles. The second kappa shape index (κ2) is 7.40. The van der Waals surface area contributed by atoms with Gasteiger partial charge in [-0.15, -0.1) is 0 Å². The molecule has 6 nitrogen and oxygen atoms in total. The van der Waals surface area contributed by atoms with Gasteiger partial charge in [-0.05, 0) is 38.1 Å². The molecule has 2 atom stereocenters. The van der Waals surface area contributed by atoms with Crippen molar-refractivity contribution >= 4 is 11.7 Å². The topological polar surface area (TPSA) is 67.4 Å². The van der Waals surface area contributed by atoms with Crippen LogP contribution in [0.2, 0.25) is 0 Å². The summed E-state index contributed by atoms with van der Waals surface area (Å²) in [6, 6.07) is 9.32. The van der Waals surface area contributed by atoms with E-state index >= 15 is 0 Å². The van der Waals surface area contributed by atoms with Gasteiger partial charge in [0.05, 0.1) is 30.0 Å². The lowest BCUT2D eigenvalue weighted by Crippen LogP contribution is -2.45. The van der Waals surface area contributed by atoms with Crippen molar-refractivity contribution in [3.63, 3.8) is 0 Å². The number of rotatable bonds is 4. The summed E-state index contributed by atoms with van der Waals surface area (Å²) in [6.45, 7) is 6.13. The van der Waals surface area contributed by atoms with Gasteiger partial charge in [0.15, 0.2) is 0 Å². The maximum Gasteiger partial charge on any atom is 0.253 e. The number of amides is 1. The largest absolute Gasteiger partial charge is 0.372 e. The summed E-state index contributed by atoms with van der Waals surface area (Å²) in [7, 11) is 0. The van der Waals surface area contributed by atoms with Gasteiger partial charge in [0.2, 0.25) is 0 Å². The summed E-state index contributed by atoms with van der Waals surface area (Å²) in [6.07, 6.45) is 3.68. The molecular formula is C18H22N4O2. The number of carbonyl (C=O) groups excluding carboxylic acids is 1. The Morgan fingerprint density at radius 3 is 2.62 bits per heavy atom. The maximum absolute atomic E-state index is 12.2. The van der Waals surface area contributed by atoms with Crippen LogP contribution in [0.25, 0.3) is 0 Å². The Bertz CT molecular complexity index is 665. The molecular weight excluding hydrogens is 304 g/mol. The molecule has 1 aliphatic heterocycles. The van der Waals surface area contributed by atoms with E-state index in [2.05, 4.69) is 34.0 Å². The Morgan fingerprint density at radius 1 is 1.21 bits per heavy atom. The zero-order valence-corrected chi connectivity index (χ0v) is 14.0. The van der Waals surface area contributed by atoms with Gasteiger partial charge in [-0.3, -0.25) is 9.78 Å². The summed E-state index contributed by atoms with van der Waals surface area (Å²) in [5.74, 6) is 0.724. The van der Waals surface area contributed by atoms with Gasteiger partial charge in [-0.2, -0.15) is 0 Å². The van der Waals surface area contributed by atoms with Crippen LogP contribution >= 0.6 is 0 Å². The first kappa shape index (κ1) is 16.4. The molecule has 3 heterocycles. The van der Waals surface area contributed by atoms with Crippen molar-refractivity contribution in [2.45, 2.75) is 32.6 Å². The summed E-state index contributed by atoms with van der Waals surface area (Å²) in [5.41, 5.74) is 1.37. The standard InChI is InChI=1S/C18H22N4O2/c1-13-11-22(12-14(2)24-13)17-7-6-15(9-20-17)18(23)21-10-16-5-3-4-8-19-16/h3-9,13-14H,10-12H2,1-2H3,(H,21,23)/t13-,14-/m1/s1. The molecule has 1 amide bonds. The fraction of sp³-hybridized carbons (Fsp3) is 0.389. The Kier molecular flexibility index (Phi) is 5.05. The molecule has 3 rings (SSSR count). The smallest absolute Gasteiger partial charge is 0.253 e. The number of hydrogen-bond donors (Lipinski definition) is 1. The minimum Gasteiger partial charge on any atom is -0.372 e. The number of hydrogen-bond acceptors (Lipinski definition) is 5. The van der Waals surface area contributed by atoms with Gasteiger partial charge in [0.1, 0.15) is 5.82 Å². The third-order valence-corrected chi connectivity index (χ3v) is 3.91. The lowest BCUT2D eigenvalue weighted by Gasteiger charge is -2.36. The van der Waals surface area contributed by atoms with E-state index in [1.807, 2.05) is 24.3 Å². The molecule has 2 aromatic rings. The number of nitrogens with one attached hydrogen (secondary N) is 1. The van der Waals surface area contributed by atoms with Gasteiger partial charge in [-0.1, -0.05) is 6.07 Å². The van der Waals surface area contributed by atoms with Crippen LogP contribution in [0.1, 0.15) is 29.9 Å². The van der Waals surface area contributed by atoms with Crippen LogP contribution in [0.5, 0.6) is 0 Å². The fourth-order valence-electron chi connectivity index (χ4n) is 2.85. The molecule has 1 aliphatic rings. The first-order valence-corrected chi connectivity index (χ1v) is 8.16. The van der Waals surface area contributed by atoms with Crippen molar-refractivity contribution in [3.8, 4) is 0 Å². The van der Waals surface area contributed by atoms with Crippen LogP contribution in [-0.4, -0.2) is 41.2 Å². The summed E-state index contributed by atoms with van der Waals surface area (Å²) < 4.78 is 5.73. The Balaban J connectivity index is 1.60. The van der Waals surface area contributed by atoms with Gasteiger partial charge in [-0.25, -0.2) is 4.98 Å². The van der Waals surface area contributed by atoms with Crippen molar-refractivity contribution in [2.24, 2.45) is 0 Å². The van der Waals surface area contributed by atoms with E-state index in [0.717, 1.165) is 24.6 Å². The molecule has 126 valence electrons. The van der Waals surface area contributed by atoms with Crippen LogP contribution in [0.3, 0.4) is 0 Å². The molecule has 0 unspecified atom stereocenters. The monoisotopic (exact) mass is 326 g/mol. The number of pyridine rings is 2. The number of ether oxygens (including phenoxy) is 1. The van der Waals surface area contributed by atoms with Gasteiger partial charge < -0.3 is 15.0 Å². The lowest BCUT2D eigenvalue weighted by atomic mass is 10.2. The van der Waals surface area contributed by atoms with E-state index in [9.17, 15) is 4.79 Å². The number of anilines is 1. The second-order valence-electron chi connectivity index (χ2n) is 6.07. The van der Waals surface area contributed by atoms with E-state index in [1.54, 1.807) is 18.5 Å². The predicted octanol–water partition coefficient (Wildman–Crippen LogP) is 2.02. The Labute approximate surface area is 141 Å². The average molecular weight is 326 g/mol. The van der Waals surface area contributed by atoms with Crippen LogP contribution in [-0.2, 0) is 11.3 Å². The number of morpholine rings is 1. The lowest BCUT2D eigenvalue weighted by molar-refractivity contribution is -0.00546. The molecule has 6 heteroatoms. The second-order valence-corrected chi connectivity index (χ2v) is 6.07. The first-order valence-electron chi connectivity index (χ1n) is 8.16. The Morgan fingerprint density at radius 2 is 2.00 bits per heavy atom. The maximum atomic E-state index is 12.2. The van der Waals surface area contributed by atoms with Gasteiger partial charge in [0.25, 0.3) is 5.91 Å². The molecule has 1 N–H and O–H groups in total. The number of carbonyl (C=O) groups is 1. The van der Waals surface area contributed by atoms with E-state index in [-0.39, 0.29) is 18.1 Å². The highest BCUT2D eigenvalue weighted by Crippen LogP contribution is 2.18.